The molecule has 9 heteroatoms. The summed E-state index contributed by atoms with van der Waals surface area (Å²) in [7, 11) is 3.48. The van der Waals surface area contributed by atoms with Gasteiger partial charge in [0.15, 0.2) is 5.96 Å². The Kier molecular flexibility index (Phi) is 11.6. The minimum atomic E-state index is -0.234. The molecule has 162 valence electrons. The number of nitrogens with one attached hydrogen (secondary N) is 2. The van der Waals surface area contributed by atoms with Gasteiger partial charge in [0.1, 0.15) is 6.54 Å². The lowest BCUT2D eigenvalue weighted by atomic mass is 9.95. The second-order valence-electron chi connectivity index (χ2n) is 7.54. The first kappa shape index (κ1) is 24.8. The molecular formula is C19H36IN5O3. The molecule has 0 aromatic rings. The third-order valence-electron chi connectivity index (χ3n) is 5.18. The van der Waals surface area contributed by atoms with E-state index in [0.717, 1.165) is 25.7 Å². The van der Waals surface area contributed by atoms with Crippen LogP contribution in [0.25, 0.3) is 0 Å². The first-order valence-corrected chi connectivity index (χ1v) is 10.2. The van der Waals surface area contributed by atoms with Crippen LogP contribution in [0.15, 0.2) is 4.99 Å². The largest absolute Gasteiger partial charge is 0.450 e. The van der Waals surface area contributed by atoms with E-state index in [-0.39, 0.29) is 48.6 Å². The molecule has 8 nitrogen and oxygen atoms in total. The van der Waals surface area contributed by atoms with Gasteiger partial charge >= 0.3 is 6.09 Å². The number of likely N-dealkylation sites (N-methyl/N-ethyl adjacent to an activating group) is 1. The van der Waals surface area contributed by atoms with Gasteiger partial charge in [-0.25, -0.2) is 9.79 Å². The van der Waals surface area contributed by atoms with E-state index < -0.39 is 0 Å². The highest BCUT2D eigenvalue weighted by atomic mass is 127. The van der Waals surface area contributed by atoms with E-state index in [2.05, 4.69) is 15.6 Å². The van der Waals surface area contributed by atoms with Gasteiger partial charge in [-0.15, -0.1) is 24.0 Å². The van der Waals surface area contributed by atoms with Crippen LogP contribution in [0, 0.1) is 0 Å². The molecule has 1 aliphatic heterocycles. The molecule has 28 heavy (non-hydrogen) atoms. The molecule has 0 aromatic carbocycles. The lowest BCUT2D eigenvalue weighted by Crippen LogP contribution is -2.52. The van der Waals surface area contributed by atoms with Crippen LogP contribution in [0.2, 0.25) is 0 Å². The van der Waals surface area contributed by atoms with Crippen molar-refractivity contribution in [1.29, 1.82) is 0 Å². The van der Waals surface area contributed by atoms with Gasteiger partial charge in [-0.1, -0.05) is 19.3 Å². The second kappa shape index (κ2) is 13.1. The summed E-state index contributed by atoms with van der Waals surface area (Å²) in [6.45, 7) is 3.70. The van der Waals surface area contributed by atoms with Crippen LogP contribution in [0.5, 0.6) is 0 Å². The third-order valence-corrected chi connectivity index (χ3v) is 5.18. The standard InChI is InChI=1S/C19H35N5O3.HI/c1-4-27-19(26)24-12-10-16(11-13-24)22-18(20-14-17(25)23(2)3)21-15-8-6-5-7-9-15;/h15-16H,4-14H2,1-3H3,(H2,20,21,22);1H. The van der Waals surface area contributed by atoms with Crippen molar-refractivity contribution in [3.63, 3.8) is 0 Å². The molecule has 0 spiro atoms. The predicted octanol–water partition coefficient (Wildman–Crippen LogP) is 2.18. The Balaban J connectivity index is 0.00000392. The van der Waals surface area contributed by atoms with Crippen molar-refractivity contribution >= 4 is 41.9 Å². The van der Waals surface area contributed by atoms with Crippen LogP contribution < -0.4 is 10.6 Å². The van der Waals surface area contributed by atoms with Crippen LogP contribution in [0.4, 0.5) is 4.79 Å². The minimum Gasteiger partial charge on any atom is -0.450 e. The van der Waals surface area contributed by atoms with Gasteiger partial charge in [-0.3, -0.25) is 4.79 Å². The number of ether oxygens (including phenoxy) is 1. The zero-order chi connectivity index (χ0) is 19.6. The van der Waals surface area contributed by atoms with Gasteiger partial charge in [-0.05, 0) is 32.6 Å². The highest BCUT2D eigenvalue weighted by molar-refractivity contribution is 14.0. The Bertz CT molecular complexity index is 516. The Morgan fingerprint density at radius 3 is 2.14 bits per heavy atom. The number of carbonyl (C=O) groups is 2. The van der Waals surface area contributed by atoms with Crippen molar-refractivity contribution in [2.24, 2.45) is 4.99 Å². The van der Waals surface area contributed by atoms with Crippen LogP contribution in [-0.4, -0.2) is 80.2 Å². The van der Waals surface area contributed by atoms with Gasteiger partial charge in [-0.2, -0.15) is 0 Å². The van der Waals surface area contributed by atoms with E-state index in [1.54, 1.807) is 23.9 Å². The number of amides is 2. The number of aliphatic imine (C=N–C) groups is 1. The normalized spacial score (nSPS) is 18.8. The number of likely N-dealkylation sites (tertiary alicyclic amines) is 1. The molecule has 0 radical (unpaired) electrons. The average Bonchev–Trinajstić information content (AvgIpc) is 2.67. The van der Waals surface area contributed by atoms with Gasteiger partial charge in [0.25, 0.3) is 0 Å². The number of piperidine rings is 1. The monoisotopic (exact) mass is 509 g/mol. The van der Waals surface area contributed by atoms with E-state index >= 15 is 0 Å². The first-order chi connectivity index (χ1) is 13.0. The van der Waals surface area contributed by atoms with Gasteiger partial charge in [0.05, 0.1) is 6.61 Å². The Hall–Kier alpha value is -1.26. The lowest BCUT2D eigenvalue weighted by molar-refractivity contribution is -0.127. The number of hydrogen-bond donors (Lipinski definition) is 2. The molecule has 1 aliphatic carbocycles. The Morgan fingerprint density at radius 2 is 1.61 bits per heavy atom. The fraction of sp³-hybridized carbons (Fsp3) is 0.842. The number of nitrogens with zero attached hydrogens (tertiary/aromatic N) is 3. The average molecular weight is 509 g/mol. The first-order valence-electron chi connectivity index (χ1n) is 10.2. The molecule has 1 heterocycles. The zero-order valence-electron chi connectivity index (χ0n) is 17.4. The van der Waals surface area contributed by atoms with Crippen molar-refractivity contribution < 1.29 is 14.3 Å². The SMILES string of the molecule is CCOC(=O)N1CCC(NC(=NCC(=O)N(C)C)NC2CCCCC2)CC1.I. The van der Waals surface area contributed by atoms with Gasteiger partial charge in [0, 0.05) is 39.3 Å². The molecule has 2 rings (SSSR count). The maximum Gasteiger partial charge on any atom is 0.409 e. The van der Waals surface area contributed by atoms with E-state index in [0.29, 0.717) is 31.7 Å². The lowest BCUT2D eigenvalue weighted by Gasteiger charge is -2.33. The Morgan fingerprint density at radius 1 is 1.04 bits per heavy atom. The fourth-order valence-electron chi connectivity index (χ4n) is 3.48. The van der Waals surface area contributed by atoms with E-state index in [1.165, 1.54) is 19.3 Å². The smallest absolute Gasteiger partial charge is 0.409 e. The van der Waals surface area contributed by atoms with Crippen LogP contribution in [0.1, 0.15) is 51.9 Å². The molecule has 0 bridgehead atoms. The summed E-state index contributed by atoms with van der Waals surface area (Å²) in [6.07, 6.45) is 7.50. The van der Waals surface area contributed by atoms with Crippen molar-refractivity contribution in [2.75, 3.05) is 40.3 Å². The maximum atomic E-state index is 11.9. The van der Waals surface area contributed by atoms with E-state index in [1.807, 2.05) is 6.92 Å². The highest BCUT2D eigenvalue weighted by Gasteiger charge is 2.25. The van der Waals surface area contributed by atoms with Crippen molar-refractivity contribution in [2.45, 2.75) is 64.0 Å². The molecule has 0 aromatic heterocycles. The summed E-state index contributed by atoms with van der Waals surface area (Å²) in [5, 5.41) is 6.99. The number of hydrogen-bond acceptors (Lipinski definition) is 4. The van der Waals surface area contributed by atoms with E-state index in [4.69, 9.17) is 4.74 Å². The second-order valence-corrected chi connectivity index (χ2v) is 7.54. The third kappa shape index (κ3) is 8.40. The van der Waals surface area contributed by atoms with Crippen LogP contribution in [0.3, 0.4) is 0 Å². The number of rotatable bonds is 5. The van der Waals surface area contributed by atoms with E-state index in [9.17, 15) is 9.59 Å². The van der Waals surface area contributed by atoms with Gasteiger partial charge in [0.2, 0.25) is 5.91 Å². The molecule has 2 fully saturated rings. The number of guanidine groups is 1. The molecular weight excluding hydrogens is 473 g/mol. The number of carbonyl (C=O) groups excluding carboxylic acids is 2. The summed E-state index contributed by atoms with van der Waals surface area (Å²) < 4.78 is 5.07. The summed E-state index contributed by atoms with van der Waals surface area (Å²) in [4.78, 5) is 31.6. The minimum absolute atomic E-state index is 0. The summed E-state index contributed by atoms with van der Waals surface area (Å²) in [5.41, 5.74) is 0. The van der Waals surface area contributed by atoms with Crippen LogP contribution >= 0.6 is 24.0 Å². The molecule has 2 N–H and O–H groups in total. The maximum absolute atomic E-state index is 11.9. The summed E-state index contributed by atoms with van der Waals surface area (Å²) in [6, 6.07) is 0.652. The van der Waals surface area contributed by atoms with Crippen LogP contribution in [-0.2, 0) is 9.53 Å². The zero-order valence-corrected chi connectivity index (χ0v) is 19.7. The molecule has 0 atom stereocenters. The topological polar surface area (TPSA) is 86.3 Å². The number of halogens is 1. The molecule has 0 unspecified atom stereocenters. The summed E-state index contributed by atoms with van der Waals surface area (Å²) >= 11 is 0. The van der Waals surface area contributed by atoms with Crippen molar-refractivity contribution in [3.05, 3.63) is 0 Å². The van der Waals surface area contributed by atoms with Crippen molar-refractivity contribution in [1.82, 2.24) is 20.4 Å². The molecule has 1 saturated heterocycles. The van der Waals surface area contributed by atoms with Crippen molar-refractivity contribution in [3.8, 4) is 0 Å². The molecule has 2 amide bonds. The predicted molar refractivity (Wildman–Crippen MR) is 121 cm³/mol. The Labute approximate surface area is 185 Å². The highest BCUT2D eigenvalue weighted by Crippen LogP contribution is 2.17. The molecule has 2 aliphatic rings. The molecule has 1 saturated carbocycles. The quantitative estimate of drug-likeness (QED) is 0.337. The summed E-state index contributed by atoms with van der Waals surface area (Å²) in [5.74, 6) is 0.698. The van der Waals surface area contributed by atoms with Gasteiger partial charge < -0.3 is 25.2 Å². The fourth-order valence-corrected chi connectivity index (χ4v) is 3.48.